The summed E-state index contributed by atoms with van der Waals surface area (Å²) >= 11 is 1.46. The third-order valence-electron chi connectivity index (χ3n) is 2.35. The van der Waals surface area contributed by atoms with Crippen molar-refractivity contribution in [1.29, 1.82) is 0 Å². The Labute approximate surface area is 103 Å². The normalized spacial score (nSPS) is 10.2. The maximum absolute atomic E-state index is 11.9. The third kappa shape index (κ3) is 2.62. The van der Waals surface area contributed by atoms with Gasteiger partial charge in [-0.15, -0.1) is 11.3 Å². The van der Waals surface area contributed by atoms with E-state index in [1.165, 1.54) is 11.3 Å². The lowest BCUT2D eigenvalue weighted by atomic mass is 10.2. The first-order chi connectivity index (χ1) is 8.06. The number of nitrogens with zero attached hydrogens (tertiary/aromatic N) is 1. The fourth-order valence-electron chi connectivity index (χ4n) is 1.48. The maximum atomic E-state index is 11.9. The lowest BCUT2D eigenvalue weighted by molar-refractivity contribution is 0.102. The number of aromatic nitrogens is 1. The van der Waals surface area contributed by atoms with Crippen LogP contribution in [-0.2, 0) is 0 Å². The molecule has 0 atom stereocenters. The van der Waals surface area contributed by atoms with E-state index < -0.39 is 0 Å². The van der Waals surface area contributed by atoms with Gasteiger partial charge in [-0.25, -0.2) is 4.98 Å². The van der Waals surface area contributed by atoms with Crippen LogP contribution in [0.5, 0.6) is 0 Å². The maximum Gasteiger partial charge on any atom is 0.275 e. The molecule has 0 saturated carbocycles. The van der Waals surface area contributed by atoms with Crippen LogP contribution < -0.4 is 11.1 Å². The van der Waals surface area contributed by atoms with Gasteiger partial charge in [-0.3, -0.25) is 4.79 Å². The first-order valence-electron chi connectivity index (χ1n) is 5.16. The van der Waals surface area contributed by atoms with E-state index in [2.05, 4.69) is 10.3 Å². The molecular formula is C12H13N3OS. The number of hydrogen-bond acceptors (Lipinski definition) is 4. The molecule has 5 heteroatoms. The largest absolute Gasteiger partial charge is 0.399 e. The second-order valence-corrected chi connectivity index (χ2v) is 4.84. The Morgan fingerprint density at radius 3 is 2.76 bits per heavy atom. The summed E-state index contributed by atoms with van der Waals surface area (Å²) in [4.78, 5) is 16.0. The van der Waals surface area contributed by atoms with Crippen molar-refractivity contribution in [3.63, 3.8) is 0 Å². The van der Waals surface area contributed by atoms with E-state index in [-0.39, 0.29) is 5.91 Å². The molecule has 0 radical (unpaired) electrons. The monoisotopic (exact) mass is 247 g/mol. The Morgan fingerprint density at radius 2 is 2.18 bits per heavy atom. The Hall–Kier alpha value is -1.88. The number of amides is 1. The molecule has 17 heavy (non-hydrogen) atoms. The lowest BCUT2D eigenvalue weighted by Gasteiger charge is -2.07. The number of rotatable bonds is 2. The van der Waals surface area contributed by atoms with Gasteiger partial charge in [0.05, 0.1) is 5.01 Å². The van der Waals surface area contributed by atoms with Crippen molar-refractivity contribution in [2.45, 2.75) is 13.8 Å². The standard InChI is InChI=1S/C12H13N3OS/c1-7-5-9(13)3-4-10(7)15-12(16)11-6-17-8(2)14-11/h3-6H,13H2,1-2H3,(H,15,16). The minimum absolute atomic E-state index is 0.192. The summed E-state index contributed by atoms with van der Waals surface area (Å²) in [6, 6.07) is 5.37. The van der Waals surface area contributed by atoms with Gasteiger partial charge in [-0.1, -0.05) is 0 Å². The second kappa shape index (κ2) is 4.55. The zero-order valence-electron chi connectivity index (χ0n) is 9.65. The van der Waals surface area contributed by atoms with Gasteiger partial charge in [0.15, 0.2) is 0 Å². The van der Waals surface area contributed by atoms with Crippen LogP contribution in [-0.4, -0.2) is 10.9 Å². The van der Waals surface area contributed by atoms with E-state index in [0.29, 0.717) is 11.4 Å². The Morgan fingerprint density at radius 1 is 1.41 bits per heavy atom. The van der Waals surface area contributed by atoms with Crippen molar-refractivity contribution in [3.8, 4) is 0 Å². The van der Waals surface area contributed by atoms with Crippen molar-refractivity contribution in [1.82, 2.24) is 4.98 Å². The molecule has 1 amide bonds. The number of anilines is 2. The molecular weight excluding hydrogens is 234 g/mol. The highest BCUT2D eigenvalue weighted by Crippen LogP contribution is 2.18. The van der Waals surface area contributed by atoms with Crippen LogP contribution in [0.15, 0.2) is 23.6 Å². The number of nitrogen functional groups attached to an aromatic ring is 1. The van der Waals surface area contributed by atoms with E-state index in [1.807, 2.05) is 19.9 Å². The summed E-state index contributed by atoms with van der Waals surface area (Å²) in [7, 11) is 0. The fourth-order valence-corrected chi connectivity index (χ4v) is 2.07. The van der Waals surface area contributed by atoms with Crippen molar-refractivity contribution in [3.05, 3.63) is 39.8 Å². The van der Waals surface area contributed by atoms with Crippen LogP contribution in [0.4, 0.5) is 11.4 Å². The van der Waals surface area contributed by atoms with E-state index >= 15 is 0 Å². The zero-order chi connectivity index (χ0) is 12.4. The smallest absolute Gasteiger partial charge is 0.275 e. The van der Waals surface area contributed by atoms with Crippen LogP contribution >= 0.6 is 11.3 Å². The van der Waals surface area contributed by atoms with Gasteiger partial charge in [0.2, 0.25) is 0 Å². The van der Waals surface area contributed by atoms with Gasteiger partial charge in [0, 0.05) is 16.8 Å². The van der Waals surface area contributed by atoms with Gasteiger partial charge < -0.3 is 11.1 Å². The average molecular weight is 247 g/mol. The molecule has 1 aromatic heterocycles. The highest BCUT2D eigenvalue weighted by Gasteiger charge is 2.10. The highest BCUT2D eigenvalue weighted by atomic mass is 32.1. The highest BCUT2D eigenvalue weighted by molar-refractivity contribution is 7.09. The number of carbonyl (C=O) groups excluding carboxylic acids is 1. The number of nitrogens with one attached hydrogen (secondary N) is 1. The average Bonchev–Trinajstić information content (AvgIpc) is 2.69. The van der Waals surface area contributed by atoms with E-state index in [4.69, 9.17) is 5.73 Å². The predicted octanol–water partition coefficient (Wildman–Crippen LogP) is 2.59. The molecule has 0 unspecified atom stereocenters. The topological polar surface area (TPSA) is 68.0 Å². The Bertz CT molecular complexity index is 563. The second-order valence-electron chi connectivity index (χ2n) is 3.78. The molecule has 2 aromatic rings. The Balaban J connectivity index is 2.18. The summed E-state index contributed by atoms with van der Waals surface area (Å²) < 4.78 is 0. The van der Waals surface area contributed by atoms with Crippen LogP contribution in [0.1, 0.15) is 21.1 Å². The van der Waals surface area contributed by atoms with Gasteiger partial charge in [-0.2, -0.15) is 0 Å². The Kier molecular flexibility index (Phi) is 3.10. The quantitative estimate of drug-likeness (QED) is 0.801. The summed E-state index contributed by atoms with van der Waals surface area (Å²) in [5, 5.41) is 5.44. The lowest BCUT2D eigenvalue weighted by Crippen LogP contribution is -2.13. The van der Waals surface area contributed by atoms with Crippen molar-refractivity contribution < 1.29 is 4.79 Å². The zero-order valence-corrected chi connectivity index (χ0v) is 10.5. The summed E-state index contributed by atoms with van der Waals surface area (Å²) in [6.45, 7) is 3.77. The summed E-state index contributed by atoms with van der Waals surface area (Å²) in [5.74, 6) is -0.192. The number of aryl methyl sites for hydroxylation is 2. The predicted molar refractivity (Wildman–Crippen MR) is 70.4 cm³/mol. The number of thiazole rings is 1. The molecule has 0 aliphatic heterocycles. The molecule has 4 nitrogen and oxygen atoms in total. The molecule has 88 valence electrons. The van der Waals surface area contributed by atoms with Gasteiger partial charge in [-0.05, 0) is 37.6 Å². The van der Waals surface area contributed by atoms with Crippen LogP contribution in [0.3, 0.4) is 0 Å². The SMILES string of the molecule is Cc1nc(C(=O)Nc2ccc(N)cc2C)cs1. The molecule has 0 bridgehead atoms. The summed E-state index contributed by atoms with van der Waals surface area (Å²) in [6.07, 6.45) is 0. The summed E-state index contributed by atoms with van der Waals surface area (Å²) in [5.41, 5.74) is 8.48. The molecule has 2 rings (SSSR count). The van der Waals surface area contributed by atoms with Gasteiger partial charge >= 0.3 is 0 Å². The van der Waals surface area contributed by atoms with Crippen LogP contribution in [0.25, 0.3) is 0 Å². The number of carbonyl (C=O) groups is 1. The molecule has 0 aliphatic rings. The molecule has 1 heterocycles. The molecule has 0 saturated heterocycles. The minimum Gasteiger partial charge on any atom is -0.399 e. The van der Waals surface area contributed by atoms with Crippen molar-refractivity contribution >= 4 is 28.6 Å². The van der Waals surface area contributed by atoms with E-state index in [0.717, 1.165) is 16.3 Å². The van der Waals surface area contributed by atoms with Crippen LogP contribution in [0, 0.1) is 13.8 Å². The van der Waals surface area contributed by atoms with Crippen LogP contribution in [0.2, 0.25) is 0 Å². The molecule has 1 aromatic carbocycles. The van der Waals surface area contributed by atoms with Gasteiger partial charge in [0.25, 0.3) is 5.91 Å². The van der Waals surface area contributed by atoms with E-state index in [9.17, 15) is 4.79 Å². The van der Waals surface area contributed by atoms with E-state index in [1.54, 1.807) is 17.5 Å². The van der Waals surface area contributed by atoms with Gasteiger partial charge in [0.1, 0.15) is 5.69 Å². The minimum atomic E-state index is -0.192. The third-order valence-corrected chi connectivity index (χ3v) is 3.12. The number of hydrogen-bond donors (Lipinski definition) is 2. The molecule has 0 fully saturated rings. The first kappa shape index (κ1) is 11.6. The van der Waals surface area contributed by atoms with Crippen molar-refractivity contribution in [2.75, 3.05) is 11.1 Å². The first-order valence-corrected chi connectivity index (χ1v) is 6.04. The fraction of sp³-hybridized carbons (Fsp3) is 0.167. The van der Waals surface area contributed by atoms with Crippen molar-refractivity contribution in [2.24, 2.45) is 0 Å². The number of nitrogens with two attached hydrogens (primary N) is 1. The molecule has 0 aliphatic carbocycles. The molecule has 0 spiro atoms. The molecule has 3 N–H and O–H groups in total. The number of benzene rings is 1.